The average Bonchev–Trinajstić information content (AvgIpc) is 2.22. The highest BCUT2D eigenvalue weighted by Gasteiger charge is 2.09. The Labute approximate surface area is 89.4 Å². The number of hydrogen-bond donors (Lipinski definition) is 2. The lowest BCUT2D eigenvalue weighted by molar-refractivity contribution is 0.0938. The van der Waals surface area contributed by atoms with E-state index in [-0.39, 0.29) is 5.91 Å². The molecular weight excluding hydrogens is 192 g/mol. The van der Waals surface area contributed by atoms with Crippen LogP contribution in [0.2, 0.25) is 0 Å². The zero-order valence-corrected chi connectivity index (χ0v) is 9.04. The summed E-state index contributed by atoms with van der Waals surface area (Å²) in [7, 11) is 1.59. The lowest BCUT2D eigenvalue weighted by atomic mass is 10.1. The molecule has 1 aromatic carbocycles. The monoisotopic (exact) mass is 208 g/mol. The Hall–Kier alpha value is -1.55. The lowest BCUT2D eigenvalue weighted by Crippen LogP contribution is -2.27. The summed E-state index contributed by atoms with van der Waals surface area (Å²) < 4.78 is 4.84. The Kier molecular flexibility index (Phi) is 4.12. The second-order valence-electron chi connectivity index (χ2n) is 3.28. The topological polar surface area (TPSA) is 64.3 Å². The number of hydrogen-bond acceptors (Lipinski definition) is 3. The average molecular weight is 208 g/mol. The van der Waals surface area contributed by atoms with Crippen molar-refractivity contribution in [1.29, 1.82) is 0 Å². The number of rotatable bonds is 4. The Bertz CT molecular complexity index is 350. The fourth-order valence-electron chi connectivity index (χ4n) is 1.24. The molecular formula is C11H16N2O2. The Balaban J connectivity index is 2.69. The van der Waals surface area contributed by atoms with Gasteiger partial charge in [0.1, 0.15) is 0 Å². The fourth-order valence-corrected chi connectivity index (χ4v) is 1.24. The van der Waals surface area contributed by atoms with Crippen LogP contribution in [-0.4, -0.2) is 26.2 Å². The molecule has 0 atom stereocenters. The summed E-state index contributed by atoms with van der Waals surface area (Å²) >= 11 is 0. The van der Waals surface area contributed by atoms with Crippen molar-refractivity contribution in [3.05, 3.63) is 29.3 Å². The van der Waals surface area contributed by atoms with Crippen molar-refractivity contribution in [2.75, 3.05) is 26.0 Å². The Morgan fingerprint density at radius 2 is 2.27 bits per heavy atom. The van der Waals surface area contributed by atoms with Gasteiger partial charge in [0.05, 0.1) is 12.2 Å². The second kappa shape index (κ2) is 5.36. The first kappa shape index (κ1) is 11.5. The maximum absolute atomic E-state index is 11.6. The number of aryl methyl sites for hydroxylation is 1. The highest BCUT2D eigenvalue weighted by molar-refractivity contribution is 5.99. The van der Waals surface area contributed by atoms with Gasteiger partial charge in [-0.05, 0) is 18.6 Å². The van der Waals surface area contributed by atoms with Crippen LogP contribution in [0.4, 0.5) is 5.69 Å². The maximum Gasteiger partial charge on any atom is 0.253 e. The van der Waals surface area contributed by atoms with Crippen molar-refractivity contribution < 1.29 is 9.53 Å². The second-order valence-corrected chi connectivity index (χ2v) is 3.28. The molecule has 0 unspecified atom stereocenters. The zero-order chi connectivity index (χ0) is 11.3. The van der Waals surface area contributed by atoms with Crippen LogP contribution in [0.25, 0.3) is 0 Å². The number of amides is 1. The zero-order valence-electron chi connectivity index (χ0n) is 9.04. The molecule has 4 nitrogen and oxygen atoms in total. The standard InChI is InChI=1S/C11H16N2O2/c1-8-4-3-5-9(10(8)12)11(14)13-6-7-15-2/h3-5H,6-7,12H2,1-2H3,(H,13,14). The quantitative estimate of drug-likeness (QED) is 0.572. The van der Waals surface area contributed by atoms with Crippen LogP contribution in [0.15, 0.2) is 18.2 Å². The van der Waals surface area contributed by atoms with Gasteiger partial charge in [0, 0.05) is 19.3 Å². The number of nitrogens with two attached hydrogens (primary N) is 1. The molecule has 3 N–H and O–H groups in total. The molecule has 0 fully saturated rings. The van der Waals surface area contributed by atoms with E-state index in [1.54, 1.807) is 13.2 Å². The molecule has 0 spiro atoms. The molecule has 0 aliphatic heterocycles. The summed E-state index contributed by atoms with van der Waals surface area (Å²) in [4.78, 5) is 11.6. The van der Waals surface area contributed by atoms with Gasteiger partial charge in [0.15, 0.2) is 0 Å². The number of benzene rings is 1. The molecule has 82 valence electrons. The number of anilines is 1. The van der Waals surface area contributed by atoms with Crippen LogP contribution in [0.3, 0.4) is 0 Å². The van der Waals surface area contributed by atoms with Gasteiger partial charge in [-0.25, -0.2) is 0 Å². The van der Waals surface area contributed by atoms with Crippen molar-refractivity contribution in [1.82, 2.24) is 5.32 Å². The summed E-state index contributed by atoms with van der Waals surface area (Å²) in [6, 6.07) is 5.41. The first-order chi connectivity index (χ1) is 7.16. The van der Waals surface area contributed by atoms with Gasteiger partial charge < -0.3 is 15.8 Å². The summed E-state index contributed by atoms with van der Waals surface area (Å²) in [5.41, 5.74) is 7.76. The first-order valence-electron chi connectivity index (χ1n) is 4.79. The molecule has 0 aromatic heterocycles. The van der Waals surface area contributed by atoms with Crippen LogP contribution in [0.1, 0.15) is 15.9 Å². The minimum atomic E-state index is -0.159. The molecule has 1 aromatic rings. The number of nitrogens with one attached hydrogen (secondary N) is 1. The number of para-hydroxylation sites is 1. The van der Waals surface area contributed by atoms with Crippen molar-refractivity contribution >= 4 is 11.6 Å². The minimum Gasteiger partial charge on any atom is -0.398 e. The van der Waals surface area contributed by atoms with Gasteiger partial charge in [0.25, 0.3) is 5.91 Å². The number of carbonyl (C=O) groups excluding carboxylic acids is 1. The molecule has 0 radical (unpaired) electrons. The van der Waals surface area contributed by atoms with E-state index in [0.29, 0.717) is 24.4 Å². The van der Waals surface area contributed by atoms with E-state index in [9.17, 15) is 4.79 Å². The van der Waals surface area contributed by atoms with Crippen molar-refractivity contribution in [2.24, 2.45) is 0 Å². The van der Waals surface area contributed by atoms with Crippen LogP contribution in [0.5, 0.6) is 0 Å². The minimum absolute atomic E-state index is 0.159. The van der Waals surface area contributed by atoms with Gasteiger partial charge in [-0.15, -0.1) is 0 Å². The normalized spacial score (nSPS) is 10.0. The molecule has 15 heavy (non-hydrogen) atoms. The SMILES string of the molecule is COCCNC(=O)c1cccc(C)c1N. The Morgan fingerprint density at radius 3 is 2.93 bits per heavy atom. The largest absolute Gasteiger partial charge is 0.398 e. The third kappa shape index (κ3) is 2.95. The molecule has 1 rings (SSSR count). The third-order valence-corrected chi connectivity index (χ3v) is 2.16. The molecule has 0 saturated heterocycles. The first-order valence-corrected chi connectivity index (χ1v) is 4.79. The van der Waals surface area contributed by atoms with E-state index < -0.39 is 0 Å². The lowest BCUT2D eigenvalue weighted by Gasteiger charge is -2.08. The highest BCUT2D eigenvalue weighted by atomic mass is 16.5. The Morgan fingerprint density at radius 1 is 1.53 bits per heavy atom. The van der Waals surface area contributed by atoms with Gasteiger partial charge in [-0.1, -0.05) is 12.1 Å². The summed E-state index contributed by atoms with van der Waals surface area (Å²) in [6.07, 6.45) is 0. The third-order valence-electron chi connectivity index (χ3n) is 2.16. The molecule has 0 heterocycles. The molecule has 0 aliphatic carbocycles. The van der Waals surface area contributed by atoms with E-state index in [1.165, 1.54) is 0 Å². The number of ether oxygens (including phenoxy) is 1. The van der Waals surface area contributed by atoms with Gasteiger partial charge in [-0.2, -0.15) is 0 Å². The van der Waals surface area contributed by atoms with Gasteiger partial charge >= 0.3 is 0 Å². The van der Waals surface area contributed by atoms with Gasteiger partial charge in [0.2, 0.25) is 0 Å². The van der Waals surface area contributed by atoms with Gasteiger partial charge in [-0.3, -0.25) is 4.79 Å². The van der Waals surface area contributed by atoms with Crippen molar-refractivity contribution in [3.8, 4) is 0 Å². The number of nitrogen functional groups attached to an aromatic ring is 1. The van der Waals surface area contributed by atoms with Crippen LogP contribution in [-0.2, 0) is 4.74 Å². The molecule has 0 bridgehead atoms. The van der Waals surface area contributed by atoms with Crippen LogP contribution < -0.4 is 11.1 Å². The van der Waals surface area contributed by atoms with E-state index in [0.717, 1.165) is 5.56 Å². The summed E-state index contributed by atoms with van der Waals surface area (Å²) in [6.45, 7) is 2.86. The van der Waals surface area contributed by atoms with E-state index >= 15 is 0 Å². The molecule has 0 saturated carbocycles. The molecule has 4 heteroatoms. The maximum atomic E-state index is 11.6. The molecule has 1 amide bonds. The number of methoxy groups -OCH3 is 1. The van der Waals surface area contributed by atoms with Crippen LogP contribution in [0, 0.1) is 6.92 Å². The smallest absolute Gasteiger partial charge is 0.253 e. The highest BCUT2D eigenvalue weighted by Crippen LogP contribution is 2.15. The predicted molar refractivity (Wildman–Crippen MR) is 59.8 cm³/mol. The number of carbonyl (C=O) groups is 1. The van der Waals surface area contributed by atoms with Crippen molar-refractivity contribution in [3.63, 3.8) is 0 Å². The fraction of sp³-hybridized carbons (Fsp3) is 0.364. The summed E-state index contributed by atoms with van der Waals surface area (Å²) in [5.74, 6) is -0.159. The van der Waals surface area contributed by atoms with Crippen molar-refractivity contribution in [2.45, 2.75) is 6.92 Å². The van der Waals surface area contributed by atoms with E-state index in [4.69, 9.17) is 10.5 Å². The molecule has 0 aliphatic rings. The van der Waals surface area contributed by atoms with E-state index in [2.05, 4.69) is 5.32 Å². The predicted octanol–water partition coefficient (Wildman–Crippen LogP) is 0.953. The van der Waals surface area contributed by atoms with E-state index in [1.807, 2.05) is 19.1 Å². The van der Waals surface area contributed by atoms with Crippen LogP contribution >= 0.6 is 0 Å². The summed E-state index contributed by atoms with van der Waals surface area (Å²) in [5, 5.41) is 2.72.